The van der Waals surface area contributed by atoms with Crippen LogP contribution in [0.4, 0.5) is 0 Å². The van der Waals surface area contributed by atoms with Crippen LogP contribution in [0.3, 0.4) is 0 Å². The summed E-state index contributed by atoms with van der Waals surface area (Å²) < 4.78 is 10.8. The molecule has 25 heavy (non-hydrogen) atoms. The molecule has 0 amide bonds. The average Bonchev–Trinajstić information content (AvgIpc) is 2.61. The van der Waals surface area contributed by atoms with Gasteiger partial charge in [0.1, 0.15) is 0 Å². The van der Waals surface area contributed by atoms with Gasteiger partial charge in [-0.1, -0.05) is 13.8 Å². The molecule has 2 heterocycles. The Labute approximate surface area is 152 Å². The lowest BCUT2D eigenvalue weighted by atomic mass is 9.95. The number of nitrogens with one attached hydrogen (secondary N) is 2. The van der Waals surface area contributed by atoms with Crippen LogP contribution in [0.15, 0.2) is 4.99 Å². The van der Waals surface area contributed by atoms with Gasteiger partial charge in [0, 0.05) is 58.3 Å². The van der Waals surface area contributed by atoms with E-state index in [9.17, 15) is 5.11 Å². The molecule has 2 aliphatic rings. The monoisotopic (exact) mass is 356 g/mol. The lowest BCUT2D eigenvalue weighted by Gasteiger charge is -2.37. The van der Waals surface area contributed by atoms with Gasteiger partial charge in [0.15, 0.2) is 5.96 Å². The third-order valence-electron chi connectivity index (χ3n) is 5.06. The van der Waals surface area contributed by atoms with Crippen LogP contribution in [0.25, 0.3) is 0 Å². The van der Waals surface area contributed by atoms with E-state index < -0.39 is 5.60 Å². The maximum Gasteiger partial charge on any atom is 0.191 e. The lowest BCUT2D eigenvalue weighted by Crippen LogP contribution is -2.52. The molecule has 1 unspecified atom stereocenters. The fourth-order valence-electron chi connectivity index (χ4n) is 3.37. The summed E-state index contributed by atoms with van der Waals surface area (Å²) in [6.07, 6.45) is 1.30. The van der Waals surface area contributed by atoms with Crippen molar-refractivity contribution in [2.45, 2.75) is 45.3 Å². The molecule has 7 heteroatoms. The Balaban J connectivity index is 1.90. The van der Waals surface area contributed by atoms with Crippen LogP contribution in [0.5, 0.6) is 0 Å². The number of hydrogen-bond acceptors (Lipinski definition) is 5. The lowest BCUT2D eigenvalue weighted by molar-refractivity contribution is -0.0566. The van der Waals surface area contributed by atoms with Crippen molar-refractivity contribution in [3.63, 3.8) is 0 Å². The second-order valence-electron chi connectivity index (χ2n) is 7.37. The van der Waals surface area contributed by atoms with E-state index in [-0.39, 0.29) is 0 Å². The highest BCUT2D eigenvalue weighted by Crippen LogP contribution is 2.20. The minimum Gasteiger partial charge on any atom is -0.388 e. The predicted octanol–water partition coefficient (Wildman–Crippen LogP) is 0.440. The molecule has 0 aromatic carbocycles. The van der Waals surface area contributed by atoms with Gasteiger partial charge in [-0.2, -0.15) is 0 Å². The molecule has 0 aromatic heterocycles. The molecule has 0 spiro atoms. The summed E-state index contributed by atoms with van der Waals surface area (Å²) in [7, 11) is 0. The normalized spacial score (nSPS) is 23.5. The fourth-order valence-corrected chi connectivity index (χ4v) is 3.37. The van der Waals surface area contributed by atoms with E-state index in [0.29, 0.717) is 44.6 Å². The molecule has 2 saturated heterocycles. The Morgan fingerprint density at radius 2 is 1.76 bits per heavy atom. The van der Waals surface area contributed by atoms with Gasteiger partial charge in [-0.25, -0.2) is 0 Å². The first-order valence-electron chi connectivity index (χ1n) is 9.68. The first-order valence-corrected chi connectivity index (χ1v) is 9.68. The highest BCUT2D eigenvalue weighted by Gasteiger charge is 2.30. The highest BCUT2D eigenvalue weighted by molar-refractivity contribution is 5.79. The SMILES string of the molecule is CCNC(=NCC1(O)CCOCC1)NCC(C(C)C)N1CCOCC1. The van der Waals surface area contributed by atoms with Gasteiger partial charge in [0.2, 0.25) is 0 Å². The highest BCUT2D eigenvalue weighted by atomic mass is 16.5. The van der Waals surface area contributed by atoms with Gasteiger partial charge in [-0.05, 0) is 12.8 Å². The van der Waals surface area contributed by atoms with Gasteiger partial charge in [-0.3, -0.25) is 9.89 Å². The van der Waals surface area contributed by atoms with Crippen LogP contribution >= 0.6 is 0 Å². The number of guanidine groups is 1. The number of aliphatic hydroxyl groups is 1. The van der Waals surface area contributed by atoms with E-state index in [0.717, 1.165) is 45.4 Å². The number of morpholine rings is 1. The zero-order chi connectivity index (χ0) is 18.1. The van der Waals surface area contributed by atoms with Gasteiger partial charge < -0.3 is 25.2 Å². The Hall–Kier alpha value is -0.890. The fraction of sp³-hybridized carbons (Fsp3) is 0.944. The summed E-state index contributed by atoms with van der Waals surface area (Å²) in [4.78, 5) is 7.13. The number of nitrogens with zero attached hydrogens (tertiary/aromatic N) is 2. The second kappa shape index (κ2) is 10.3. The van der Waals surface area contributed by atoms with Crippen LogP contribution in [-0.4, -0.2) is 86.8 Å². The average molecular weight is 357 g/mol. The van der Waals surface area contributed by atoms with Crippen LogP contribution in [0.1, 0.15) is 33.6 Å². The molecule has 1 atom stereocenters. The summed E-state index contributed by atoms with van der Waals surface area (Å²) in [5.74, 6) is 1.33. The first kappa shape index (κ1) is 20.4. The van der Waals surface area contributed by atoms with Crippen molar-refractivity contribution in [3.8, 4) is 0 Å². The molecule has 0 bridgehead atoms. The maximum atomic E-state index is 10.6. The van der Waals surface area contributed by atoms with Crippen LogP contribution in [0.2, 0.25) is 0 Å². The Morgan fingerprint density at radius 3 is 2.36 bits per heavy atom. The number of ether oxygens (including phenoxy) is 2. The summed E-state index contributed by atoms with van der Waals surface area (Å²) in [5, 5.41) is 17.4. The molecule has 3 N–H and O–H groups in total. The van der Waals surface area contributed by atoms with E-state index in [1.165, 1.54) is 0 Å². The van der Waals surface area contributed by atoms with E-state index in [4.69, 9.17) is 9.47 Å². The van der Waals surface area contributed by atoms with E-state index in [2.05, 4.69) is 41.3 Å². The number of hydrogen-bond donors (Lipinski definition) is 3. The van der Waals surface area contributed by atoms with Crippen molar-refractivity contribution in [2.24, 2.45) is 10.9 Å². The standard InChI is InChI=1S/C18H36N4O3/c1-4-19-17(21-14-18(23)5-9-24-10-6-18)20-13-16(15(2)3)22-7-11-25-12-8-22/h15-16,23H,4-14H2,1-3H3,(H2,19,20,21). The summed E-state index contributed by atoms with van der Waals surface area (Å²) in [6, 6.07) is 0.443. The van der Waals surface area contributed by atoms with Crippen molar-refractivity contribution >= 4 is 5.96 Å². The van der Waals surface area contributed by atoms with Crippen molar-refractivity contribution in [3.05, 3.63) is 0 Å². The van der Waals surface area contributed by atoms with Crippen molar-refractivity contribution in [1.29, 1.82) is 0 Å². The summed E-state index contributed by atoms with van der Waals surface area (Å²) in [5.41, 5.74) is -0.734. The van der Waals surface area contributed by atoms with Gasteiger partial charge in [-0.15, -0.1) is 0 Å². The van der Waals surface area contributed by atoms with E-state index in [1.807, 2.05) is 0 Å². The third kappa shape index (κ3) is 6.73. The quantitative estimate of drug-likeness (QED) is 0.454. The minimum atomic E-state index is -0.734. The van der Waals surface area contributed by atoms with Crippen LogP contribution in [-0.2, 0) is 9.47 Å². The van der Waals surface area contributed by atoms with Crippen molar-refractivity contribution < 1.29 is 14.6 Å². The molecule has 0 aromatic rings. The maximum absolute atomic E-state index is 10.6. The molecule has 146 valence electrons. The molecule has 2 rings (SSSR count). The zero-order valence-electron chi connectivity index (χ0n) is 16.1. The predicted molar refractivity (Wildman–Crippen MR) is 100 cm³/mol. The van der Waals surface area contributed by atoms with Gasteiger partial charge in [0.25, 0.3) is 0 Å². The van der Waals surface area contributed by atoms with Crippen LogP contribution in [0, 0.1) is 5.92 Å². The molecule has 0 saturated carbocycles. The van der Waals surface area contributed by atoms with E-state index in [1.54, 1.807) is 0 Å². The molecular weight excluding hydrogens is 320 g/mol. The topological polar surface area (TPSA) is 78.4 Å². The zero-order valence-corrected chi connectivity index (χ0v) is 16.1. The molecule has 0 aliphatic carbocycles. The molecule has 7 nitrogen and oxygen atoms in total. The number of rotatable bonds is 7. The van der Waals surface area contributed by atoms with Gasteiger partial charge in [0.05, 0.1) is 25.4 Å². The van der Waals surface area contributed by atoms with Crippen LogP contribution < -0.4 is 10.6 Å². The van der Waals surface area contributed by atoms with Gasteiger partial charge >= 0.3 is 0 Å². The first-order chi connectivity index (χ1) is 12.0. The minimum absolute atomic E-state index is 0.412. The molecule has 2 fully saturated rings. The number of aliphatic imine (C=N–C) groups is 1. The molecular formula is C18H36N4O3. The molecule has 0 radical (unpaired) electrons. The largest absolute Gasteiger partial charge is 0.388 e. The Bertz CT molecular complexity index is 405. The third-order valence-corrected chi connectivity index (χ3v) is 5.06. The Morgan fingerprint density at radius 1 is 1.12 bits per heavy atom. The Kier molecular flexibility index (Phi) is 8.42. The molecule has 2 aliphatic heterocycles. The summed E-state index contributed by atoms with van der Waals surface area (Å²) >= 11 is 0. The van der Waals surface area contributed by atoms with Crippen molar-refractivity contribution in [2.75, 3.05) is 59.2 Å². The van der Waals surface area contributed by atoms with E-state index >= 15 is 0 Å². The smallest absolute Gasteiger partial charge is 0.191 e. The second-order valence-corrected chi connectivity index (χ2v) is 7.37. The van der Waals surface area contributed by atoms with Crippen molar-refractivity contribution in [1.82, 2.24) is 15.5 Å². The summed E-state index contributed by atoms with van der Waals surface area (Å²) in [6.45, 7) is 13.5.